The molecule has 0 amide bonds. The normalized spacial score (nSPS) is 10.3. The summed E-state index contributed by atoms with van der Waals surface area (Å²) in [6.45, 7) is 5.65. The number of aryl methyl sites for hydroxylation is 1. The number of nitrogens with zero attached hydrogens (tertiary/aromatic N) is 1. The molecule has 0 fully saturated rings. The third-order valence-electron chi connectivity index (χ3n) is 2.99. The van der Waals surface area contributed by atoms with Gasteiger partial charge in [-0.25, -0.2) is 4.98 Å². The van der Waals surface area contributed by atoms with Crippen LogP contribution in [0.2, 0.25) is 0 Å². The van der Waals surface area contributed by atoms with E-state index in [1.807, 2.05) is 25.1 Å². The molecular weight excluding hydrogens is 316 g/mol. The van der Waals surface area contributed by atoms with Crippen molar-refractivity contribution < 1.29 is 4.74 Å². The second-order valence-electron chi connectivity index (χ2n) is 4.57. The summed E-state index contributed by atoms with van der Waals surface area (Å²) in [5.41, 5.74) is 2.49. The van der Waals surface area contributed by atoms with E-state index in [0.717, 1.165) is 29.0 Å². The van der Waals surface area contributed by atoms with E-state index >= 15 is 0 Å². The summed E-state index contributed by atoms with van der Waals surface area (Å²) in [6, 6.07) is 10.3. The molecule has 0 saturated heterocycles. The van der Waals surface area contributed by atoms with E-state index < -0.39 is 0 Å². The van der Waals surface area contributed by atoms with Crippen molar-refractivity contribution in [2.24, 2.45) is 0 Å². The third-order valence-corrected chi connectivity index (χ3v) is 3.46. The molecule has 0 atom stereocenters. The van der Waals surface area contributed by atoms with Gasteiger partial charge in [0.05, 0.1) is 6.61 Å². The zero-order valence-corrected chi connectivity index (χ0v) is 13.4. The summed E-state index contributed by atoms with van der Waals surface area (Å²) in [5, 5.41) is 3.32. The highest BCUT2D eigenvalue weighted by Gasteiger charge is 2.01. The minimum atomic E-state index is 0.705. The standard InChI is InChI=1S/C16H19BrN2O/c1-3-20-15-6-4-13(10-12(15)2)8-9-18-16-7-5-14(17)11-19-16/h4-7,10-11H,3,8-9H2,1-2H3,(H,18,19). The molecule has 0 aliphatic rings. The molecule has 1 aromatic carbocycles. The summed E-state index contributed by atoms with van der Waals surface area (Å²) < 4.78 is 6.54. The minimum absolute atomic E-state index is 0.705. The summed E-state index contributed by atoms with van der Waals surface area (Å²) in [7, 11) is 0. The average Bonchev–Trinajstić information content (AvgIpc) is 2.44. The van der Waals surface area contributed by atoms with Gasteiger partial charge in [-0.15, -0.1) is 0 Å². The molecule has 106 valence electrons. The molecule has 1 heterocycles. The summed E-state index contributed by atoms with van der Waals surface area (Å²) >= 11 is 3.38. The first-order valence-corrected chi connectivity index (χ1v) is 7.56. The van der Waals surface area contributed by atoms with E-state index in [-0.39, 0.29) is 0 Å². The fraction of sp³-hybridized carbons (Fsp3) is 0.312. The largest absolute Gasteiger partial charge is 0.494 e. The molecule has 0 unspecified atom stereocenters. The maximum Gasteiger partial charge on any atom is 0.125 e. The molecule has 3 nitrogen and oxygen atoms in total. The fourth-order valence-corrected chi connectivity index (χ4v) is 2.23. The van der Waals surface area contributed by atoms with Crippen molar-refractivity contribution in [1.82, 2.24) is 4.98 Å². The average molecular weight is 335 g/mol. The molecule has 1 N–H and O–H groups in total. The van der Waals surface area contributed by atoms with Crippen LogP contribution in [0.3, 0.4) is 0 Å². The van der Waals surface area contributed by atoms with Gasteiger partial charge in [0.1, 0.15) is 11.6 Å². The van der Waals surface area contributed by atoms with Crippen LogP contribution in [-0.4, -0.2) is 18.1 Å². The highest BCUT2D eigenvalue weighted by atomic mass is 79.9. The van der Waals surface area contributed by atoms with Crippen LogP contribution in [0.1, 0.15) is 18.1 Å². The number of hydrogen-bond acceptors (Lipinski definition) is 3. The zero-order valence-electron chi connectivity index (χ0n) is 11.8. The molecule has 0 aliphatic carbocycles. The van der Waals surface area contributed by atoms with Gasteiger partial charge in [0, 0.05) is 17.2 Å². The van der Waals surface area contributed by atoms with E-state index in [1.165, 1.54) is 11.1 Å². The second-order valence-corrected chi connectivity index (χ2v) is 5.49. The third kappa shape index (κ3) is 4.23. The lowest BCUT2D eigenvalue weighted by atomic mass is 10.1. The van der Waals surface area contributed by atoms with Gasteiger partial charge in [0.2, 0.25) is 0 Å². The Labute approximate surface area is 128 Å². The van der Waals surface area contributed by atoms with Crippen LogP contribution in [0.4, 0.5) is 5.82 Å². The van der Waals surface area contributed by atoms with Gasteiger partial charge in [0.25, 0.3) is 0 Å². The van der Waals surface area contributed by atoms with E-state index in [2.05, 4.69) is 45.3 Å². The van der Waals surface area contributed by atoms with Gasteiger partial charge in [-0.05, 0) is 65.5 Å². The van der Waals surface area contributed by atoms with E-state index in [9.17, 15) is 0 Å². The number of anilines is 1. The predicted molar refractivity (Wildman–Crippen MR) is 86.5 cm³/mol. The van der Waals surface area contributed by atoms with Gasteiger partial charge in [-0.3, -0.25) is 0 Å². The lowest BCUT2D eigenvalue weighted by Crippen LogP contribution is -2.06. The number of ether oxygens (including phenoxy) is 1. The molecule has 2 rings (SSSR count). The number of halogens is 1. The van der Waals surface area contributed by atoms with Gasteiger partial charge in [0.15, 0.2) is 0 Å². The molecule has 2 aromatic rings. The van der Waals surface area contributed by atoms with Gasteiger partial charge < -0.3 is 10.1 Å². The van der Waals surface area contributed by atoms with E-state index in [1.54, 1.807) is 6.20 Å². The first kappa shape index (κ1) is 14.9. The Hall–Kier alpha value is -1.55. The molecule has 0 aliphatic heterocycles. The maximum absolute atomic E-state index is 5.55. The summed E-state index contributed by atoms with van der Waals surface area (Å²) in [5.74, 6) is 1.87. The van der Waals surface area contributed by atoms with E-state index in [4.69, 9.17) is 4.74 Å². The quantitative estimate of drug-likeness (QED) is 0.859. The number of hydrogen-bond donors (Lipinski definition) is 1. The summed E-state index contributed by atoms with van der Waals surface area (Å²) in [4.78, 5) is 4.29. The Morgan fingerprint density at radius 3 is 2.75 bits per heavy atom. The van der Waals surface area contributed by atoms with Crippen molar-refractivity contribution in [3.05, 3.63) is 52.1 Å². The Balaban J connectivity index is 1.87. The van der Waals surface area contributed by atoms with Crippen molar-refractivity contribution >= 4 is 21.7 Å². The summed E-state index contributed by atoms with van der Waals surface area (Å²) in [6.07, 6.45) is 2.76. The van der Waals surface area contributed by atoms with Crippen LogP contribution in [0.5, 0.6) is 5.75 Å². The molecule has 0 radical (unpaired) electrons. The molecule has 0 bridgehead atoms. The van der Waals surface area contributed by atoms with Crippen molar-refractivity contribution in [3.63, 3.8) is 0 Å². The number of nitrogens with one attached hydrogen (secondary N) is 1. The van der Waals surface area contributed by atoms with Crippen molar-refractivity contribution in [1.29, 1.82) is 0 Å². The molecule has 1 aromatic heterocycles. The lowest BCUT2D eigenvalue weighted by Gasteiger charge is -2.10. The molecule has 20 heavy (non-hydrogen) atoms. The van der Waals surface area contributed by atoms with Crippen LogP contribution >= 0.6 is 15.9 Å². The maximum atomic E-state index is 5.55. The van der Waals surface area contributed by atoms with Gasteiger partial charge in [-0.2, -0.15) is 0 Å². The van der Waals surface area contributed by atoms with E-state index in [0.29, 0.717) is 6.61 Å². The SMILES string of the molecule is CCOc1ccc(CCNc2ccc(Br)cn2)cc1C. The van der Waals surface area contributed by atoms with Crippen molar-refractivity contribution in [2.45, 2.75) is 20.3 Å². The first-order valence-electron chi connectivity index (χ1n) is 6.77. The monoisotopic (exact) mass is 334 g/mol. The molecular formula is C16H19BrN2O. The predicted octanol–water partition coefficient (Wildman–Crippen LogP) is 4.21. The number of benzene rings is 1. The molecule has 0 saturated carbocycles. The number of pyridine rings is 1. The second kappa shape index (κ2) is 7.29. The Kier molecular flexibility index (Phi) is 5.41. The Morgan fingerprint density at radius 1 is 1.25 bits per heavy atom. The molecule has 4 heteroatoms. The molecule has 0 spiro atoms. The topological polar surface area (TPSA) is 34.1 Å². The van der Waals surface area contributed by atoms with Crippen LogP contribution in [0.15, 0.2) is 41.0 Å². The van der Waals surface area contributed by atoms with Crippen molar-refractivity contribution in [2.75, 3.05) is 18.5 Å². The zero-order chi connectivity index (χ0) is 14.4. The smallest absolute Gasteiger partial charge is 0.125 e. The van der Waals surface area contributed by atoms with Gasteiger partial charge in [-0.1, -0.05) is 12.1 Å². The first-order chi connectivity index (χ1) is 9.69. The Bertz CT molecular complexity index is 555. The number of rotatable bonds is 6. The Morgan fingerprint density at radius 2 is 2.10 bits per heavy atom. The van der Waals surface area contributed by atoms with Crippen LogP contribution < -0.4 is 10.1 Å². The van der Waals surface area contributed by atoms with Crippen molar-refractivity contribution in [3.8, 4) is 5.75 Å². The fourth-order valence-electron chi connectivity index (χ4n) is 2.00. The van der Waals surface area contributed by atoms with Crippen LogP contribution in [-0.2, 0) is 6.42 Å². The lowest BCUT2D eigenvalue weighted by molar-refractivity contribution is 0.338. The van der Waals surface area contributed by atoms with Gasteiger partial charge >= 0.3 is 0 Å². The highest BCUT2D eigenvalue weighted by Crippen LogP contribution is 2.19. The van der Waals surface area contributed by atoms with Crippen LogP contribution in [0.25, 0.3) is 0 Å². The minimum Gasteiger partial charge on any atom is -0.494 e. The number of aromatic nitrogens is 1. The highest BCUT2D eigenvalue weighted by molar-refractivity contribution is 9.10. The van der Waals surface area contributed by atoms with Crippen LogP contribution in [0, 0.1) is 6.92 Å².